The molecule has 1 aromatic carbocycles. The molecule has 22 heavy (non-hydrogen) atoms. The fourth-order valence-corrected chi connectivity index (χ4v) is 3.34. The number of thiazole rings is 1. The lowest BCUT2D eigenvalue weighted by Gasteiger charge is -2.25. The van der Waals surface area contributed by atoms with Crippen LogP contribution in [-0.4, -0.2) is 24.0 Å². The molecule has 3 nitrogen and oxygen atoms in total. The summed E-state index contributed by atoms with van der Waals surface area (Å²) in [6.45, 7) is 5.29. The summed E-state index contributed by atoms with van der Waals surface area (Å²) < 4.78 is 5.48. The Labute approximate surface area is 138 Å². The number of aromatic nitrogens is 1. The van der Waals surface area contributed by atoms with Gasteiger partial charge in [-0.05, 0) is 32.9 Å². The largest absolute Gasteiger partial charge is 0.496 e. The maximum Gasteiger partial charge on any atom is 0.123 e. The zero-order chi connectivity index (χ0) is 15.9. The fourth-order valence-electron chi connectivity index (χ4n) is 2.51. The Kier molecular flexibility index (Phi) is 6.40. The van der Waals surface area contributed by atoms with E-state index in [0.717, 1.165) is 18.7 Å². The van der Waals surface area contributed by atoms with Crippen LogP contribution >= 0.6 is 11.3 Å². The highest BCUT2D eigenvalue weighted by atomic mass is 32.1. The molecule has 0 bridgehead atoms. The maximum absolute atomic E-state index is 5.48. The van der Waals surface area contributed by atoms with Crippen LogP contribution in [0.1, 0.15) is 49.0 Å². The molecule has 4 heteroatoms. The van der Waals surface area contributed by atoms with Gasteiger partial charge in [0.15, 0.2) is 0 Å². The van der Waals surface area contributed by atoms with Gasteiger partial charge in [0, 0.05) is 23.5 Å². The highest BCUT2D eigenvalue weighted by Gasteiger charge is 2.16. The first kappa shape index (κ1) is 17.0. The van der Waals surface area contributed by atoms with Gasteiger partial charge in [-0.1, -0.05) is 31.5 Å². The second-order valence-corrected chi connectivity index (χ2v) is 6.61. The van der Waals surface area contributed by atoms with E-state index in [1.165, 1.54) is 29.1 Å². The third kappa shape index (κ3) is 4.31. The number of hydrogen-bond donors (Lipinski definition) is 0. The first-order chi connectivity index (χ1) is 10.7. The molecule has 2 aromatic rings. The van der Waals surface area contributed by atoms with E-state index in [1.54, 1.807) is 18.4 Å². The van der Waals surface area contributed by atoms with Gasteiger partial charge in [-0.25, -0.2) is 4.98 Å². The number of nitrogens with zero attached hydrogens (tertiary/aromatic N) is 2. The summed E-state index contributed by atoms with van der Waals surface area (Å²) in [5.41, 5.74) is 2.38. The number of para-hydroxylation sites is 1. The number of unbranched alkanes of at least 4 members (excludes halogenated alkanes) is 1. The lowest BCUT2D eigenvalue weighted by Crippen LogP contribution is -2.22. The Morgan fingerprint density at radius 3 is 2.82 bits per heavy atom. The van der Waals surface area contributed by atoms with Gasteiger partial charge in [0.25, 0.3) is 0 Å². The normalized spacial score (nSPS) is 12.6. The molecular weight excluding hydrogens is 292 g/mol. The minimum absolute atomic E-state index is 0.289. The van der Waals surface area contributed by atoms with E-state index in [9.17, 15) is 0 Å². The van der Waals surface area contributed by atoms with Gasteiger partial charge in [-0.15, -0.1) is 11.3 Å². The van der Waals surface area contributed by atoms with E-state index >= 15 is 0 Å². The number of benzene rings is 1. The van der Waals surface area contributed by atoms with Crippen molar-refractivity contribution < 1.29 is 4.74 Å². The molecule has 0 N–H and O–H groups in total. The Bertz CT molecular complexity index is 582. The van der Waals surface area contributed by atoms with E-state index in [0.29, 0.717) is 0 Å². The third-order valence-corrected chi connectivity index (χ3v) is 4.96. The number of hydrogen-bond acceptors (Lipinski definition) is 4. The monoisotopic (exact) mass is 318 g/mol. The molecule has 0 aliphatic rings. The quantitative estimate of drug-likeness (QED) is 0.706. The minimum atomic E-state index is 0.289. The van der Waals surface area contributed by atoms with Crippen LogP contribution in [0.25, 0.3) is 0 Å². The summed E-state index contributed by atoms with van der Waals surface area (Å²) in [6, 6.07) is 8.51. The van der Waals surface area contributed by atoms with Crippen LogP contribution in [0.15, 0.2) is 29.6 Å². The summed E-state index contributed by atoms with van der Waals surface area (Å²) >= 11 is 1.78. The maximum atomic E-state index is 5.48. The van der Waals surface area contributed by atoms with E-state index in [1.807, 2.05) is 12.1 Å². The minimum Gasteiger partial charge on any atom is -0.496 e. The van der Waals surface area contributed by atoms with Crippen molar-refractivity contribution >= 4 is 11.3 Å². The topological polar surface area (TPSA) is 25.4 Å². The van der Waals surface area contributed by atoms with Crippen molar-refractivity contribution in [3.8, 4) is 5.75 Å². The van der Waals surface area contributed by atoms with Gasteiger partial charge in [0.1, 0.15) is 5.75 Å². The second kappa shape index (κ2) is 8.30. The Morgan fingerprint density at radius 2 is 2.09 bits per heavy atom. The smallest absolute Gasteiger partial charge is 0.123 e. The van der Waals surface area contributed by atoms with Crippen molar-refractivity contribution in [1.29, 1.82) is 0 Å². The summed E-state index contributed by atoms with van der Waals surface area (Å²) in [4.78, 5) is 7.07. The summed E-state index contributed by atoms with van der Waals surface area (Å²) in [5, 5.41) is 3.45. The van der Waals surface area contributed by atoms with Crippen molar-refractivity contribution in [3.63, 3.8) is 0 Å². The molecule has 1 aromatic heterocycles. The summed E-state index contributed by atoms with van der Waals surface area (Å²) in [7, 11) is 3.87. The van der Waals surface area contributed by atoms with Crippen molar-refractivity contribution in [1.82, 2.24) is 9.88 Å². The van der Waals surface area contributed by atoms with E-state index in [-0.39, 0.29) is 6.04 Å². The number of ether oxygens (including phenoxy) is 1. The van der Waals surface area contributed by atoms with Crippen LogP contribution in [0.3, 0.4) is 0 Å². The predicted molar refractivity (Wildman–Crippen MR) is 93.6 cm³/mol. The molecule has 1 atom stereocenters. The second-order valence-electron chi connectivity index (χ2n) is 5.67. The van der Waals surface area contributed by atoms with E-state index in [4.69, 9.17) is 9.72 Å². The van der Waals surface area contributed by atoms with E-state index < -0.39 is 0 Å². The lowest BCUT2D eigenvalue weighted by atomic mass is 10.1. The zero-order valence-corrected chi connectivity index (χ0v) is 14.8. The van der Waals surface area contributed by atoms with Crippen LogP contribution in [0.2, 0.25) is 0 Å². The van der Waals surface area contributed by atoms with Crippen LogP contribution < -0.4 is 4.74 Å². The third-order valence-electron chi connectivity index (χ3n) is 4.01. The molecule has 0 aliphatic heterocycles. The predicted octanol–water partition coefficient (Wildman–Crippen LogP) is 4.69. The van der Waals surface area contributed by atoms with Crippen molar-refractivity contribution in [2.75, 3.05) is 14.2 Å². The highest BCUT2D eigenvalue weighted by Crippen LogP contribution is 2.29. The number of aryl methyl sites for hydroxylation is 1. The van der Waals surface area contributed by atoms with Crippen molar-refractivity contribution in [2.45, 2.75) is 45.7 Å². The lowest BCUT2D eigenvalue weighted by molar-refractivity contribution is 0.244. The van der Waals surface area contributed by atoms with Gasteiger partial charge in [0.05, 0.1) is 17.8 Å². The molecule has 0 saturated carbocycles. The van der Waals surface area contributed by atoms with Gasteiger partial charge in [-0.3, -0.25) is 4.90 Å². The first-order valence-corrected chi connectivity index (χ1v) is 8.80. The molecule has 1 heterocycles. The average Bonchev–Trinajstić information content (AvgIpc) is 2.99. The molecule has 0 saturated heterocycles. The number of rotatable bonds is 8. The molecule has 120 valence electrons. The molecule has 0 aliphatic carbocycles. The molecule has 1 unspecified atom stereocenters. The van der Waals surface area contributed by atoms with Gasteiger partial charge in [-0.2, -0.15) is 0 Å². The molecule has 2 rings (SSSR count). The van der Waals surface area contributed by atoms with Crippen LogP contribution in [0.5, 0.6) is 5.75 Å². The van der Waals surface area contributed by atoms with Gasteiger partial charge in [0.2, 0.25) is 0 Å². The Balaban J connectivity index is 2.01. The summed E-state index contributed by atoms with van der Waals surface area (Å²) in [5.74, 6) is 0.948. The van der Waals surface area contributed by atoms with Crippen molar-refractivity contribution in [2.24, 2.45) is 0 Å². The van der Waals surface area contributed by atoms with Crippen molar-refractivity contribution in [3.05, 3.63) is 45.9 Å². The standard InChI is InChI=1S/C18H26N2OS/c1-5-6-11-18-19-15(13-22-18)12-20(3)14(2)16-9-7-8-10-17(16)21-4/h7-10,13-14H,5-6,11-12H2,1-4H3. The highest BCUT2D eigenvalue weighted by molar-refractivity contribution is 7.09. The SMILES string of the molecule is CCCCc1nc(CN(C)C(C)c2ccccc2OC)cs1. The van der Waals surface area contributed by atoms with Gasteiger partial charge >= 0.3 is 0 Å². The molecule has 0 spiro atoms. The van der Waals surface area contributed by atoms with Crippen LogP contribution in [0.4, 0.5) is 0 Å². The molecule has 0 amide bonds. The average molecular weight is 318 g/mol. The Morgan fingerprint density at radius 1 is 1.32 bits per heavy atom. The summed E-state index contributed by atoms with van der Waals surface area (Å²) in [6.07, 6.45) is 3.55. The molecular formula is C18H26N2OS. The fraction of sp³-hybridized carbons (Fsp3) is 0.500. The number of methoxy groups -OCH3 is 1. The molecule has 0 radical (unpaired) electrons. The van der Waals surface area contributed by atoms with E-state index in [2.05, 4.69) is 43.3 Å². The first-order valence-electron chi connectivity index (χ1n) is 7.92. The van der Waals surface area contributed by atoms with Gasteiger partial charge < -0.3 is 4.74 Å². The molecule has 0 fully saturated rings. The van der Waals surface area contributed by atoms with Crippen LogP contribution in [-0.2, 0) is 13.0 Å². The zero-order valence-electron chi connectivity index (χ0n) is 14.0. The van der Waals surface area contributed by atoms with Crippen LogP contribution in [0, 0.1) is 0 Å². The Hall–Kier alpha value is -1.39.